The maximum atomic E-state index is 13.0. The van der Waals surface area contributed by atoms with Crippen molar-refractivity contribution in [1.82, 2.24) is 5.32 Å². The van der Waals surface area contributed by atoms with Crippen molar-refractivity contribution >= 4 is 11.6 Å². The van der Waals surface area contributed by atoms with E-state index >= 15 is 0 Å². The molecular weight excluding hydrogens is 229 g/mol. The van der Waals surface area contributed by atoms with E-state index in [1.54, 1.807) is 6.07 Å². The van der Waals surface area contributed by atoms with E-state index in [-0.39, 0.29) is 17.8 Å². The minimum atomic E-state index is -0.328. The van der Waals surface area contributed by atoms with Gasteiger partial charge >= 0.3 is 0 Å². The fourth-order valence-corrected chi connectivity index (χ4v) is 1.56. The molecule has 0 radical (unpaired) electrons. The Balaban J connectivity index is 2.49. The van der Waals surface area contributed by atoms with Crippen molar-refractivity contribution in [3.05, 3.63) is 34.6 Å². The highest BCUT2D eigenvalue weighted by Gasteiger charge is 2.15. The van der Waals surface area contributed by atoms with Gasteiger partial charge in [0.05, 0.1) is 0 Å². The summed E-state index contributed by atoms with van der Waals surface area (Å²) < 4.78 is 13.0. The van der Waals surface area contributed by atoms with Gasteiger partial charge in [0.2, 0.25) is 0 Å². The molecule has 0 aliphatic rings. The zero-order valence-corrected chi connectivity index (χ0v) is 10.3. The summed E-state index contributed by atoms with van der Waals surface area (Å²) >= 11 is 5.74. The Morgan fingerprint density at radius 3 is 2.62 bits per heavy atom. The van der Waals surface area contributed by atoms with Gasteiger partial charge in [0.15, 0.2) is 0 Å². The number of aliphatic hydroxyl groups is 1. The Labute approximate surface area is 100 Å². The summed E-state index contributed by atoms with van der Waals surface area (Å²) in [5.74, 6) is -0.328. The van der Waals surface area contributed by atoms with Crippen LogP contribution >= 0.6 is 11.6 Å². The number of aliphatic hydroxyl groups excluding tert-OH is 1. The van der Waals surface area contributed by atoms with Crippen LogP contribution in [-0.4, -0.2) is 18.3 Å². The first kappa shape index (κ1) is 13.4. The average Bonchev–Trinajstić information content (AvgIpc) is 2.16. The molecule has 1 aromatic carbocycles. The van der Waals surface area contributed by atoms with Crippen molar-refractivity contribution in [2.24, 2.45) is 5.41 Å². The zero-order valence-electron chi connectivity index (χ0n) is 9.56. The van der Waals surface area contributed by atoms with Crippen molar-refractivity contribution in [2.45, 2.75) is 20.4 Å². The van der Waals surface area contributed by atoms with Gasteiger partial charge in [-0.2, -0.15) is 0 Å². The number of hydrogen-bond donors (Lipinski definition) is 2. The maximum absolute atomic E-state index is 13.0. The van der Waals surface area contributed by atoms with E-state index in [4.69, 9.17) is 16.7 Å². The molecule has 0 bridgehead atoms. The van der Waals surface area contributed by atoms with E-state index in [2.05, 4.69) is 5.32 Å². The first-order chi connectivity index (χ1) is 7.43. The topological polar surface area (TPSA) is 32.3 Å². The monoisotopic (exact) mass is 245 g/mol. The van der Waals surface area contributed by atoms with Crippen molar-refractivity contribution in [2.75, 3.05) is 13.2 Å². The van der Waals surface area contributed by atoms with Crippen LogP contribution in [0.4, 0.5) is 4.39 Å². The molecule has 0 fully saturated rings. The molecule has 0 spiro atoms. The predicted octanol–water partition coefficient (Wildman–Crippen LogP) is 2.59. The van der Waals surface area contributed by atoms with Gasteiger partial charge < -0.3 is 10.4 Å². The fourth-order valence-electron chi connectivity index (χ4n) is 1.31. The molecule has 0 aliphatic carbocycles. The molecule has 2 N–H and O–H groups in total. The van der Waals surface area contributed by atoms with Gasteiger partial charge in [-0.25, -0.2) is 4.39 Å². The molecule has 90 valence electrons. The number of rotatable bonds is 5. The second kappa shape index (κ2) is 5.62. The molecule has 1 aromatic rings. The van der Waals surface area contributed by atoms with Crippen molar-refractivity contribution in [1.29, 1.82) is 0 Å². The molecule has 1 rings (SSSR count). The van der Waals surface area contributed by atoms with Crippen molar-refractivity contribution < 1.29 is 9.50 Å². The third kappa shape index (κ3) is 4.47. The molecule has 4 heteroatoms. The molecule has 0 saturated heterocycles. The fraction of sp³-hybridized carbons (Fsp3) is 0.500. The highest BCUT2D eigenvalue weighted by Crippen LogP contribution is 2.15. The molecular formula is C12H17ClFNO. The van der Waals surface area contributed by atoms with Crippen LogP contribution in [0.25, 0.3) is 0 Å². The molecule has 2 nitrogen and oxygen atoms in total. The lowest BCUT2D eigenvalue weighted by Gasteiger charge is -2.21. The SMILES string of the molecule is CC(C)(CO)CNCc1cc(F)cc(Cl)c1. The Morgan fingerprint density at radius 2 is 2.06 bits per heavy atom. The van der Waals surface area contributed by atoms with Crippen LogP contribution in [0.1, 0.15) is 19.4 Å². The molecule has 16 heavy (non-hydrogen) atoms. The molecule has 0 aromatic heterocycles. The lowest BCUT2D eigenvalue weighted by molar-refractivity contribution is 0.156. The third-order valence-corrected chi connectivity index (χ3v) is 2.50. The Morgan fingerprint density at radius 1 is 1.38 bits per heavy atom. The minimum absolute atomic E-state index is 0.115. The molecule has 0 heterocycles. The predicted molar refractivity (Wildman–Crippen MR) is 64.0 cm³/mol. The van der Waals surface area contributed by atoms with Crippen LogP contribution in [0.2, 0.25) is 5.02 Å². The van der Waals surface area contributed by atoms with Crippen molar-refractivity contribution in [3.8, 4) is 0 Å². The van der Waals surface area contributed by atoms with Crippen LogP contribution in [0.3, 0.4) is 0 Å². The highest BCUT2D eigenvalue weighted by atomic mass is 35.5. The van der Waals surface area contributed by atoms with E-state index in [0.717, 1.165) is 5.56 Å². The van der Waals surface area contributed by atoms with E-state index < -0.39 is 0 Å². The van der Waals surface area contributed by atoms with Gasteiger partial charge in [0, 0.05) is 30.1 Å². The van der Waals surface area contributed by atoms with Gasteiger partial charge in [-0.15, -0.1) is 0 Å². The number of nitrogens with one attached hydrogen (secondary N) is 1. The zero-order chi connectivity index (χ0) is 12.2. The van der Waals surface area contributed by atoms with E-state index in [9.17, 15) is 4.39 Å². The highest BCUT2D eigenvalue weighted by molar-refractivity contribution is 6.30. The second-order valence-corrected chi connectivity index (χ2v) is 5.14. The summed E-state index contributed by atoms with van der Waals surface area (Å²) in [6.45, 7) is 5.24. The number of benzene rings is 1. The van der Waals surface area contributed by atoms with E-state index in [1.165, 1.54) is 12.1 Å². The minimum Gasteiger partial charge on any atom is -0.396 e. The summed E-state index contributed by atoms with van der Waals surface area (Å²) in [5, 5.41) is 12.6. The van der Waals surface area contributed by atoms with Gasteiger partial charge in [0.25, 0.3) is 0 Å². The van der Waals surface area contributed by atoms with Crippen molar-refractivity contribution in [3.63, 3.8) is 0 Å². The summed E-state index contributed by atoms with van der Waals surface area (Å²) in [6.07, 6.45) is 0. The maximum Gasteiger partial charge on any atom is 0.125 e. The molecule has 0 aliphatic heterocycles. The van der Waals surface area contributed by atoms with Crippen LogP contribution in [0.5, 0.6) is 0 Å². The summed E-state index contributed by atoms with van der Waals surface area (Å²) in [4.78, 5) is 0. The van der Waals surface area contributed by atoms with E-state index in [1.807, 2.05) is 13.8 Å². The Hall–Kier alpha value is -0.640. The third-order valence-electron chi connectivity index (χ3n) is 2.28. The lowest BCUT2D eigenvalue weighted by atomic mass is 9.95. The van der Waals surface area contributed by atoms with Gasteiger partial charge in [0.1, 0.15) is 5.82 Å². The van der Waals surface area contributed by atoms with Gasteiger partial charge in [-0.3, -0.25) is 0 Å². The van der Waals surface area contributed by atoms with Crippen LogP contribution in [-0.2, 0) is 6.54 Å². The normalized spacial score (nSPS) is 11.8. The van der Waals surface area contributed by atoms with Crippen LogP contribution in [0, 0.1) is 11.2 Å². The van der Waals surface area contributed by atoms with Crippen LogP contribution < -0.4 is 5.32 Å². The van der Waals surface area contributed by atoms with Crippen LogP contribution in [0.15, 0.2) is 18.2 Å². The molecule has 0 amide bonds. The summed E-state index contributed by atoms with van der Waals surface area (Å²) in [7, 11) is 0. The second-order valence-electron chi connectivity index (χ2n) is 4.70. The first-order valence-corrected chi connectivity index (χ1v) is 5.57. The van der Waals surface area contributed by atoms with Gasteiger partial charge in [-0.05, 0) is 23.8 Å². The Bertz CT molecular complexity index is 335. The quantitative estimate of drug-likeness (QED) is 0.836. The first-order valence-electron chi connectivity index (χ1n) is 5.19. The summed E-state index contributed by atoms with van der Waals surface area (Å²) in [6, 6.07) is 4.46. The molecule has 0 saturated carbocycles. The Kier molecular flexibility index (Phi) is 4.71. The molecule has 0 atom stereocenters. The largest absolute Gasteiger partial charge is 0.396 e. The lowest BCUT2D eigenvalue weighted by Crippen LogP contribution is -2.31. The van der Waals surface area contributed by atoms with E-state index in [0.29, 0.717) is 18.1 Å². The number of hydrogen-bond acceptors (Lipinski definition) is 2. The summed E-state index contributed by atoms with van der Waals surface area (Å²) in [5.41, 5.74) is 0.635. The smallest absolute Gasteiger partial charge is 0.125 e. The number of halogens is 2. The molecule has 0 unspecified atom stereocenters. The average molecular weight is 246 g/mol. The van der Waals surface area contributed by atoms with Gasteiger partial charge in [-0.1, -0.05) is 25.4 Å². The standard InChI is InChI=1S/C12H17ClFNO/c1-12(2,8-16)7-15-6-9-3-10(13)5-11(14)4-9/h3-5,15-16H,6-8H2,1-2H3.